The largest absolute Gasteiger partial charge is 0.457 e. The van der Waals surface area contributed by atoms with Crippen LogP contribution in [0, 0.1) is 0 Å². The predicted octanol–water partition coefficient (Wildman–Crippen LogP) is 13.1. The quantitative estimate of drug-likeness (QED) is 0.186. The molecule has 0 saturated carbocycles. The number of fused-ring (bicyclic) bond motifs is 13. The van der Waals surface area contributed by atoms with Crippen LogP contribution in [0.1, 0.15) is 47.2 Å². The van der Waals surface area contributed by atoms with Crippen LogP contribution >= 0.6 is 0 Å². The number of ether oxygens (including phenoxy) is 1. The van der Waals surface area contributed by atoms with Crippen molar-refractivity contribution in [2.75, 3.05) is 4.90 Å². The molecule has 1 heterocycles. The molecule has 8 aromatic carbocycles. The zero-order valence-corrected chi connectivity index (χ0v) is 29.1. The van der Waals surface area contributed by atoms with Gasteiger partial charge >= 0.3 is 0 Å². The number of hydrogen-bond acceptors (Lipinski definition) is 2. The molecule has 2 nitrogen and oxygen atoms in total. The van der Waals surface area contributed by atoms with E-state index in [0.29, 0.717) is 0 Å². The third kappa shape index (κ3) is 3.79. The third-order valence-corrected chi connectivity index (χ3v) is 11.9. The Labute approximate surface area is 304 Å². The zero-order chi connectivity index (χ0) is 34.6. The number of benzene rings is 8. The fourth-order valence-corrected chi connectivity index (χ4v) is 9.65. The van der Waals surface area contributed by atoms with Crippen molar-refractivity contribution in [2.24, 2.45) is 0 Å². The maximum atomic E-state index is 6.70. The summed E-state index contributed by atoms with van der Waals surface area (Å²) in [5, 5.41) is 2.44. The lowest BCUT2D eigenvalue weighted by molar-refractivity contribution is 0.436. The first-order chi connectivity index (χ1) is 25.5. The van der Waals surface area contributed by atoms with Crippen LogP contribution in [0.25, 0.3) is 33.0 Å². The summed E-state index contributed by atoms with van der Waals surface area (Å²) in [7, 11) is 0. The van der Waals surface area contributed by atoms with Gasteiger partial charge in [-0.2, -0.15) is 0 Å². The molecule has 8 aromatic rings. The first-order valence-corrected chi connectivity index (χ1v) is 18.2. The monoisotopic (exact) mass is 665 g/mol. The lowest BCUT2D eigenvalue weighted by Gasteiger charge is -2.41. The van der Waals surface area contributed by atoms with Crippen LogP contribution in [0.4, 0.5) is 17.1 Å². The third-order valence-electron chi connectivity index (χ3n) is 11.9. The predicted molar refractivity (Wildman–Crippen MR) is 214 cm³/mol. The Bertz CT molecular complexity index is 2730. The fraction of sp³-hybridized carbons (Fsp3) is 0.0800. The van der Waals surface area contributed by atoms with Gasteiger partial charge in [-0.1, -0.05) is 147 Å². The highest BCUT2D eigenvalue weighted by Gasteiger charge is 2.53. The van der Waals surface area contributed by atoms with Crippen LogP contribution in [-0.2, 0) is 10.8 Å². The highest BCUT2D eigenvalue weighted by molar-refractivity contribution is 5.97. The molecule has 52 heavy (non-hydrogen) atoms. The molecule has 0 atom stereocenters. The molecule has 0 unspecified atom stereocenters. The summed E-state index contributed by atoms with van der Waals surface area (Å²) in [6.45, 7) is 4.73. The van der Waals surface area contributed by atoms with Crippen molar-refractivity contribution in [3.05, 3.63) is 209 Å². The Hall–Kier alpha value is -6.38. The second-order valence-corrected chi connectivity index (χ2v) is 14.9. The Balaban J connectivity index is 1.25. The average Bonchev–Trinajstić information content (AvgIpc) is 3.61. The van der Waals surface area contributed by atoms with Crippen LogP contribution in [0.3, 0.4) is 0 Å². The van der Waals surface area contributed by atoms with Crippen molar-refractivity contribution in [1.29, 1.82) is 0 Å². The van der Waals surface area contributed by atoms with Crippen LogP contribution in [0.5, 0.6) is 11.5 Å². The Morgan fingerprint density at radius 2 is 0.942 bits per heavy atom. The van der Waals surface area contributed by atoms with Crippen molar-refractivity contribution < 1.29 is 4.74 Å². The maximum Gasteiger partial charge on any atom is 0.132 e. The van der Waals surface area contributed by atoms with E-state index in [1.165, 1.54) is 55.3 Å². The fourth-order valence-electron chi connectivity index (χ4n) is 9.65. The first-order valence-electron chi connectivity index (χ1n) is 18.2. The molecule has 3 aliphatic rings. The van der Waals surface area contributed by atoms with E-state index < -0.39 is 5.41 Å². The summed E-state index contributed by atoms with van der Waals surface area (Å²) in [4.78, 5) is 2.51. The molecule has 2 aliphatic carbocycles. The van der Waals surface area contributed by atoms with Gasteiger partial charge in [0.25, 0.3) is 0 Å². The standard InChI is InChI=1S/C50H35NO/c1-49(2)40-19-7-5-16-36(40)38-29-28-35(31-44(38)49)51(34-27-26-32-14-3-4-15-33(32)30-34)45-23-13-18-39-37-17-6-8-20-41(37)50(48(39)45)42-21-9-11-24-46(42)52-47-25-12-10-22-43(47)50/h3-31H,1-2H3. The maximum absolute atomic E-state index is 6.70. The molecule has 0 aromatic heterocycles. The first kappa shape index (κ1) is 29.4. The Morgan fingerprint density at radius 3 is 1.69 bits per heavy atom. The molecule has 0 amide bonds. The van der Waals surface area contributed by atoms with Crippen LogP contribution in [-0.4, -0.2) is 0 Å². The molecule has 246 valence electrons. The topological polar surface area (TPSA) is 12.5 Å². The van der Waals surface area contributed by atoms with E-state index in [9.17, 15) is 0 Å². The van der Waals surface area contributed by atoms with E-state index in [-0.39, 0.29) is 5.41 Å². The lowest BCUT2D eigenvalue weighted by Crippen LogP contribution is -2.33. The van der Waals surface area contributed by atoms with E-state index in [2.05, 4.69) is 195 Å². The SMILES string of the molecule is CC1(C)c2ccccc2-c2ccc(N(c3ccc4ccccc4c3)c3cccc4c3C3(c5ccccc5Oc5ccccc53)c3ccccc3-4)cc21. The zero-order valence-electron chi connectivity index (χ0n) is 29.1. The van der Waals surface area contributed by atoms with E-state index in [1.54, 1.807) is 0 Å². The lowest BCUT2D eigenvalue weighted by atomic mass is 9.65. The van der Waals surface area contributed by atoms with Gasteiger partial charge in [-0.25, -0.2) is 0 Å². The molecule has 0 radical (unpaired) electrons. The summed E-state index contributed by atoms with van der Waals surface area (Å²) in [6.07, 6.45) is 0. The van der Waals surface area contributed by atoms with Gasteiger partial charge in [0.05, 0.1) is 11.1 Å². The molecular weight excluding hydrogens is 631 g/mol. The molecule has 1 spiro atoms. The summed E-state index contributed by atoms with van der Waals surface area (Å²) in [5.41, 5.74) is 15.5. The van der Waals surface area contributed by atoms with Gasteiger partial charge in [-0.15, -0.1) is 0 Å². The van der Waals surface area contributed by atoms with Gasteiger partial charge in [0.1, 0.15) is 11.5 Å². The van der Waals surface area contributed by atoms with Crippen LogP contribution < -0.4 is 9.64 Å². The van der Waals surface area contributed by atoms with Crippen LogP contribution in [0.2, 0.25) is 0 Å². The molecule has 0 saturated heterocycles. The smallest absolute Gasteiger partial charge is 0.132 e. The Kier molecular flexibility index (Phi) is 5.97. The molecule has 11 rings (SSSR count). The molecule has 0 fully saturated rings. The normalized spacial score (nSPS) is 14.8. The molecule has 1 aliphatic heterocycles. The molecular formula is C50H35NO. The highest BCUT2D eigenvalue weighted by atomic mass is 16.5. The highest BCUT2D eigenvalue weighted by Crippen LogP contribution is 2.65. The molecule has 2 heteroatoms. The Morgan fingerprint density at radius 1 is 0.404 bits per heavy atom. The second-order valence-electron chi connectivity index (χ2n) is 14.9. The number of anilines is 3. The van der Waals surface area contributed by atoms with Crippen LogP contribution in [0.15, 0.2) is 176 Å². The van der Waals surface area contributed by atoms with E-state index in [1.807, 2.05) is 0 Å². The number of hydrogen-bond donors (Lipinski definition) is 0. The summed E-state index contributed by atoms with van der Waals surface area (Å²) in [6, 6.07) is 64.7. The van der Waals surface area contributed by atoms with E-state index in [0.717, 1.165) is 39.7 Å². The minimum atomic E-state index is -0.602. The van der Waals surface area contributed by atoms with Crippen molar-refractivity contribution in [1.82, 2.24) is 0 Å². The average molecular weight is 666 g/mol. The number of rotatable bonds is 3. The van der Waals surface area contributed by atoms with Gasteiger partial charge in [0.2, 0.25) is 0 Å². The van der Waals surface area contributed by atoms with Crippen molar-refractivity contribution >= 4 is 27.8 Å². The van der Waals surface area contributed by atoms with Crippen molar-refractivity contribution in [3.63, 3.8) is 0 Å². The molecule has 0 N–H and O–H groups in total. The minimum Gasteiger partial charge on any atom is -0.457 e. The van der Waals surface area contributed by atoms with Crippen molar-refractivity contribution in [2.45, 2.75) is 24.7 Å². The minimum absolute atomic E-state index is 0.133. The van der Waals surface area contributed by atoms with Gasteiger partial charge in [-0.3, -0.25) is 0 Å². The van der Waals surface area contributed by atoms with E-state index >= 15 is 0 Å². The van der Waals surface area contributed by atoms with Gasteiger partial charge in [-0.05, 0) is 92.2 Å². The van der Waals surface area contributed by atoms with Crippen molar-refractivity contribution in [3.8, 4) is 33.8 Å². The number of para-hydroxylation sites is 2. The molecule has 0 bridgehead atoms. The summed E-state index contributed by atoms with van der Waals surface area (Å²) < 4.78 is 6.70. The van der Waals surface area contributed by atoms with Gasteiger partial charge in [0.15, 0.2) is 0 Å². The second kappa shape index (κ2) is 10.6. The summed E-state index contributed by atoms with van der Waals surface area (Å²) in [5.74, 6) is 1.79. The van der Waals surface area contributed by atoms with E-state index in [4.69, 9.17) is 4.74 Å². The van der Waals surface area contributed by atoms with Gasteiger partial charge in [0, 0.05) is 33.5 Å². The number of nitrogens with zero attached hydrogens (tertiary/aromatic N) is 1. The summed E-state index contributed by atoms with van der Waals surface area (Å²) >= 11 is 0. The van der Waals surface area contributed by atoms with Gasteiger partial charge < -0.3 is 9.64 Å².